The second-order valence-electron chi connectivity index (χ2n) is 9.55. The summed E-state index contributed by atoms with van der Waals surface area (Å²) in [7, 11) is 1.44. The summed E-state index contributed by atoms with van der Waals surface area (Å²) in [5, 5.41) is 3.63. The first-order valence-electron chi connectivity index (χ1n) is 12.6. The van der Waals surface area contributed by atoms with Crippen molar-refractivity contribution in [1.29, 1.82) is 0 Å². The van der Waals surface area contributed by atoms with E-state index >= 15 is 0 Å². The van der Waals surface area contributed by atoms with Gasteiger partial charge in [0.2, 0.25) is 0 Å². The Morgan fingerprint density at radius 2 is 1.95 bits per heavy atom. The second-order valence-corrected chi connectivity index (χ2v) is 9.55. The lowest BCUT2D eigenvalue weighted by Gasteiger charge is -2.37. The molecule has 0 radical (unpaired) electrons. The Hall–Kier alpha value is -4.02. The number of halogens is 2. The van der Waals surface area contributed by atoms with Crippen LogP contribution in [0.5, 0.6) is 11.5 Å². The van der Waals surface area contributed by atoms with Crippen molar-refractivity contribution >= 4 is 17.5 Å². The Kier molecular flexibility index (Phi) is 7.00. The fourth-order valence-corrected chi connectivity index (χ4v) is 5.24. The van der Waals surface area contributed by atoms with Crippen molar-refractivity contribution in [2.45, 2.75) is 45.3 Å². The van der Waals surface area contributed by atoms with Crippen molar-refractivity contribution < 1.29 is 23.0 Å². The molecule has 2 aliphatic rings. The summed E-state index contributed by atoms with van der Waals surface area (Å²) >= 11 is 0. The SMILES string of the molecule is CCN(C(=O)N1CC[C@@]2(CCc3cc(-c4ncccn4)c(C)nc3N2)C1)c1cc(OC)cc(OC(F)F)c1. The molecule has 1 spiro atoms. The van der Waals surface area contributed by atoms with Crippen molar-refractivity contribution in [1.82, 2.24) is 19.9 Å². The highest BCUT2D eigenvalue weighted by molar-refractivity contribution is 5.93. The average Bonchev–Trinajstić information content (AvgIpc) is 3.31. The van der Waals surface area contributed by atoms with Crippen LogP contribution < -0.4 is 19.7 Å². The van der Waals surface area contributed by atoms with Gasteiger partial charge < -0.3 is 19.7 Å². The molecular weight excluding hydrogens is 494 g/mol. The number of nitrogens with zero attached hydrogens (tertiary/aromatic N) is 5. The van der Waals surface area contributed by atoms with E-state index in [1.807, 2.05) is 13.8 Å². The molecular formula is C27H30F2N6O3. The summed E-state index contributed by atoms with van der Waals surface area (Å²) in [4.78, 5) is 30.5. The normalized spacial score (nSPS) is 18.3. The van der Waals surface area contributed by atoms with Gasteiger partial charge in [0.25, 0.3) is 0 Å². The van der Waals surface area contributed by atoms with Crippen LogP contribution in [0.2, 0.25) is 0 Å². The Morgan fingerprint density at radius 3 is 2.66 bits per heavy atom. The summed E-state index contributed by atoms with van der Waals surface area (Å²) in [5.74, 6) is 1.74. The molecule has 5 rings (SSSR count). The number of hydrogen-bond donors (Lipinski definition) is 1. The van der Waals surface area contributed by atoms with E-state index in [-0.39, 0.29) is 17.3 Å². The van der Waals surface area contributed by atoms with Crippen molar-refractivity contribution in [3.63, 3.8) is 0 Å². The second kappa shape index (κ2) is 10.4. The molecule has 2 amide bonds. The molecule has 2 aromatic heterocycles. The maximum atomic E-state index is 13.6. The number of rotatable bonds is 6. The summed E-state index contributed by atoms with van der Waals surface area (Å²) in [6.45, 7) is 2.23. The number of ether oxygens (including phenoxy) is 2. The number of fused-ring (bicyclic) bond motifs is 1. The molecule has 0 saturated carbocycles. The first kappa shape index (κ1) is 25.6. The topological polar surface area (TPSA) is 92.7 Å². The molecule has 0 aliphatic carbocycles. The zero-order valence-electron chi connectivity index (χ0n) is 21.6. The van der Waals surface area contributed by atoms with Crippen LogP contribution in [0.25, 0.3) is 11.4 Å². The van der Waals surface area contributed by atoms with Gasteiger partial charge >= 0.3 is 12.6 Å². The van der Waals surface area contributed by atoms with Crippen LogP contribution in [-0.4, -0.2) is 64.8 Å². The van der Waals surface area contributed by atoms with Crippen LogP contribution in [0, 0.1) is 6.92 Å². The van der Waals surface area contributed by atoms with E-state index in [4.69, 9.17) is 9.72 Å². The van der Waals surface area contributed by atoms with E-state index in [0.29, 0.717) is 36.9 Å². The van der Waals surface area contributed by atoms with Gasteiger partial charge in [0.1, 0.15) is 17.3 Å². The van der Waals surface area contributed by atoms with Crippen molar-refractivity contribution in [2.24, 2.45) is 0 Å². The highest BCUT2D eigenvalue weighted by Crippen LogP contribution is 2.39. The van der Waals surface area contributed by atoms with E-state index in [2.05, 4.69) is 26.1 Å². The molecule has 1 aromatic carbocycles. The molecule has 1 atom stereocenters. The van der Waals surface area contributed by atoms with Crippen LogP contribution in [0.15, 0.2) is 42.7 Å². The lowest BCUT2D eigenvalue weighted by atomic mass is 9.86. The van der Waals surface area contributed by atoms with Crippen LogP contribution >= 0.6 is 0 Å². The number of anilines is 2. The number of benzene rings is 1. The molecule has 2 aliphatic heterocycles. The minimum Gasteiger partial charge on any atom is -0.497 e. The van der Waals surface area contributed by atoms with Crippen LogP contribution in [0.3, 0.4) is 0 Å². The number of hydrogen-bond acceptors (Lipinski definition) is 7. The maximum Gasteiger partial charge on any atom is 0.387 e. The number of aromatic nitrogens is 3. The highest BCUT2D eigenvalue weighted by Gasteiger charge is 2.43. The number of carbonyl (C=O) groups excluding carboxylic acids is 1. The van der Waals surface area contributed by atoms with E-state index in [1.165, 1.54) is 19.2 Å². The van der Waals surface area contributed by atoms with Gasteiger partial charge in [0, 0.05) is 55.8 Å². The van der Waals surface area contributed by atoms with Crippen LogP contribution in [0.4, 0.5) is 25.1 Å². The summed E-state index contributed by atoms with van der Waals surface area (Å²) in [5.41, 5.74) is 3.00. The number of aryl methyl sites for hydroxylation is 2. The Labute approximate surface area is 219 Å². The van der Waals surface area contributed by atoms with E-state index in [1.54, 1.807) is 34.3 Å². The summed E-state index contributed by atoms with van der Waals surface area (Å²) in [6.07, 6.45) is 5.88. The smallest absolute Gasteiger partial charge is 0.387 e. The van der Waals surface area contributed by atoms with E-state index in [0.717, 1.165) is 41.9 Å². The number of likely N-dealkylation sites (tertiary alicyclic amines) is 1. The first-order valence-corrected chi connectivity index (χ1v) is 12.6. The van der Waals surface area contributed by atoms with Gasteiger partial charge in [-0.2, -0.15) is 8.78 Å². The zero-order valence-corrected chi connectivity index (χ0v) is 21.6. The molecule has 11 heteroatoms. The summed E-state index contributed by atoms with van der Waals surface area (Å²) in [6, 6.07) is 8.12. The van der Waals surface area contributed by atoms with Crippen molar-refractivity contribution in [3.8, 4) is 22.9 Å². The minimum atomic E-state index is -2.98. The van der Waals surface area contributed by atoms with Gasteiger partial charge in [0.05, 0.1) is 24.0 Å². The Bertz CT molecular complexity index is 1330. The minimum absolute atomic E-state index is 0.0641. The predicted octanol–water partition coefficient (Wildman–Crippen LogP) is 4.91. The molecule has 38 heavy (non-hydrogen) atoms. The van der Waals surface area contributed by atoms with Crippen molar-refractivity contribution in [3.05, 3.63) is 54.0 Å². The van der Waals surface area contributed by atoms with Gasteiger partial charge in [-0.05, 0) is 50.8 Å². The fraction of sp³-hybridized carbons (Fsp3) is 0.407. The van der Waals surface area contributed by atoms with Crippen LogP contribution in [-0.2, 0) is 6.42 Å². The monoisotopic (exact) mass is 524 g/mol. The molecule has 3 aromatic rings. The quantitative estimate of drug-likeness (QED) is 0.490. The number of carbonyl (C=O) groups is 1. The number of pyridine rings is 1. The fourth-order valence-electron chi connectivity index (χ4n) is 5.24. The molecule has 1 fully saturated rings. The standard InChI is InChI=1S/C27H30F2N6O3/c1-4-35(19-13-20(37-3)15-21(14-19)38-25(28)29)26(36)34-11-8-27(16-34)7-6-18-12-22(17(2)32-23(18)33-27)24-30-9-5-10-31-24/h5,9-10,12-15,25H,4,6-8,11,16H2,1-3H3,(H,32,33)/t27-/m0/s1. The van der Waals surface area contributed by atoms with Crippen molar-refractivity contribution in [2.75, 3.05) is 37.0 Å². The molecule has 0 bridgehead atoms. The van der Waals surface area contributed by atoms with Gasteiger partial charge in [-0.25, -0.2) is 19.7 Å². The van der Waals surface area contributed by atoms with Gasteiger partial charge in [-0.3, -0.25) is 4.90 Å². The number of nitrogens with one attached hydrogen (secondary N) is 1. The number of alkyl halides is 2. The number of urea groups is 1. The third-order valence-corrected chi connectivity index (χ3v) is 7.16. The zero-order chi connectivity index (χ0) is 26.9. The van der Waals surface area contributed by atoms with E-state index in [9.17, 15) is 13.6 Å². The van der Waals surface area contributed by atoms with Crippen LogP contribution in [0.1, 0.15) is 31.0 Å². The molecule has 4 heterocycles. The number of amides is 2. The van der Waals surface area contributed by atoms with Gasteiger partial charge in [-0.15, -0.1) is 0 Å². The molecule has 200 valence electrons. The first-order chi connectivity index (χ1) is 18.3. The molecule has 1 N–H and O–H groups in total. The molecule has 1 saturated heterocycles. The van der Waals surface area contributed by atoms with Gasteiger partial charge in [0.15, 0.2) is 5.82 Å². The lowest BCUT2D eigenvalue weighted by molar-refractivity contribution is -0.0498. The molecule has 9 nitrogen and oxygen atoms in total. The highest BCUT2D eigenvalue weighted by atomic mass is 19.3. The predicted molar refractivity (Wildman–Crippen MR) is 139 cm³/mol. The number of methoxy groups -OCH3 is 1. The lowest BCUT2D eigenvalue weighted by Crippen LogP contribution is -2.48. The Morgan fingerprint density at radius 1 is 1.18 bits per heavy atom. The third kappa shape index (κ3) is 5.05. The van der Waals surface area contributed by atoms with E-state index < -0.39 is 6.61 Å². The Balaban J connectivity index is 1.34. The third-order valence-electron chi connectivity index (χ3n) is 7.16. The molecule has 0 unspecified atom stereocenters. The maximum absolute atomic E-state index is 13.6. The summed E-state index contributed by atoms with van der Waals surface area (Å²) < 4.78 is 35.5. The average molecular weight is 525 g/mol. The largest absolute Gasteiger partial charge is 0.497 e. The van der Waals surface area contributed by atoms with Gasteiger partial charge in [-0.1, -0.05) is 0 Å².